The number of ether oxygens (including phenoxy) is 1. The van der Waals surface area contributed by atoms with E-state index in [4.69, 9.17) is 16.2 Å². The second-order valence-electron chi connectivity index (χ2n) is 8.27. The van der Waals surface area contributed by atoms with Gasteiger partial charge in [0.2, 0.25) is 0 Å². The number of aryl methyl sites for hydroxylation is 2. The predicted molar refractivity (Wildman–Crippen MR) is 140 cm³/mol. The Kier molecular flexibility index (Phi) is 6.91. The SMILES string of the molecule is COc1ccc2cc(CN=C/C(=C\N)C(=O)NCc3c(C)cc4c(N)nccc4c3C)cnc2c1. The van der Waals surface area contributed by atoms with Crippen molar-refractivity contribution in [2.75, 3.05) is 12.8 Å². The van der Waals surface area contributed by atoms with Gasteiger partial charge >= 0.3 is 0 Å². The monoisotopic (exact) mass is 468 g/mol. The summed E-state index contributed by atoms with van der Waals surface area (Å²) in [7, 11) is 1.63. The summed E-state index contributed by atoms with van der Waals surface area (Å²) in [5.41, 5.74) is 16.9. The van der Waals surface area contributed by atoms with Crippen molar-refractivity contribution in [3.8, 4) is 5.75 Å². The number of carbonyl (C=O) groups is 1. The number of anilines is 1. The van der Waals surface area contributed by atoms with Crippen LogP contribution in [0.1, 0.15) is 22.3 Å². The Balaban J connectivity index is 1.43. The summed E-state index contributed by atoms with van der Waals surface area (Å²) in [6.07, 6.45) is 6.20. The molecule has 0 radical (unpaired) electrons. The van der Waals surface area contributed by atoms with Gasteiger partial charge in [0.25, 0.3) is 5.91 Å². The number of nitrogens with one attached hydrogen (secondary N) is 1. The fourth-order valence-electron chi connectivity index (χ4n) is 4.06. The molecule has 0 fully saturated rings. The number of methoxy groups -OCH3 is 1. The second-order valence-corrected chi connectivity index (χ2v) is 8.27. The van der Waals surface area contributed by atoms with Gasteiger partial charge in [0, 0.05) is 48.2 Å². The van der Waals surface area contributed by atoms with Crippen molar-refractivity contribution in [2.45, 2.75) is 26.9 Å². The second kappa shape index (κ2) is 10.2. The van der Waals surface area contributed by atoms with E-state index in [1.165, 1.54) is 12.4 Å². The number of benzene rings is 2. The standard InChI is InChI=1S/C27H28N6O2/c1-16-8-23-22(6-7-31-26(23)29)17(2)24(16)15-33-27(34)20(11-28)14-30-12-18-9-19-4-5-21(35-3)10-25(19)32-13-18/h4-11,13-14H,12,15,28H2,1-3H3,(H2,29,31)(H,33,34)/b20-11+,30-14?. The Morgan fingerprint density at radius 1 is 1.14 bits per heavy atom. The Morgan fingerprint density at radius 3 is 2.74 bits per heavy atom. The zero-order valence-corrected chi connectivity index (χ0v) is 20.0. The van der Waals surface area contributed by atoms with Crippen molar-refractivity contribution in [2.24, 2.45) is 10.7 Å². The van der Waals surface area contributed by atoms with Crippen LogP contribution in [0.25, 0.3) is 21.7 Å². The lowest BCUT2D eigenvalue weighted by Gasteiger charge is -2.15. The minimum absolute atomic E-state index is 0.285. The minimum atomic E-state index is -0.298. The number of pyridine rings is 2. The number of rotatable bonds is 7. The third-order valence-corrected chi connectivity index (χ3v) is 6.03. The first-order valence-electron chi connectivity index (χ1n) is 11.2. The summed E-state index contributed by atoms with van der Waals surface area (Å²) < 4.78 is 5.24. The summed E-state index contributed by atoms with van der Waals surface area (Å²) in [5, 5.41) is 5.87. The van der Waals surface area contributed by atoms with E-state index < -0.39 is 0 Å². The highest BCUT2D eigenvalue weighted by Crippen LogP contribution is 2.28. The molecule has 4 aromatic rings. The molecule has 2 aromatic heterocycles. The zero-order valence-electron chi connectivity index (χ0n) is 20.0. The van der Waals surface area contributed by atoms with Crippen molar-refractivity contribution in [1.29, 1.82) is 0 Å². The minimum Gasteiger partial charge on any atom is -0.497 e. The summed E-state index contributed by atoms with van der Waals surface area (Å²) in [4.78, 5) is 25.8. The molecule has 5 N–H and O–H groups in total. The molecule has 0 atom stereocenters. The van der Waals surface area contributed by atoms with Gasteiger partial charge in [0.05, 0.1) is 24.7 Å². The Bertz CT molecular complexity index is 1480. The van der Waals surface area contributed by atoms with Gasteiger partial charge in [-0.05, 0) is 71.8 Å². The van der Waals surface area contributed by atoms with Crippen LogP contribution in [0, 0.1) is 13.8 Å². The molecule has 0 aliphatic rings. The molecular formula is C27H28N6O2. The van der Waals surface area contributed by atoms with E-state index in [1.54, 1.807) is 19.5 Å². The molecule has 178 valence electrons. The van der Waals surface area contributed by atoms with Crippen LogP contribution >= 0.6 is 0 Å². The maximum atomic E-state index is 12.8. The van der Waals surface area contributed by atoms with Gasteiger partial charge in [0.1, 0.15) is 11.6 Å². The number of hydrogen-bond acceptors (Lipinski definition) is 7. The molecule has 0 bridgehead atoms. The van der Waals surface area contributed by atoms with Crippen LogP contribution in [0.3, 0.4) is 0 Å². The average Bonchev–Trinajstić information content (AvgIpc) is 2.86. The quantitative estimate of drug-likeness (QED) is 0.280. The topological polar surface area (TPSA) is 129 Å². The largest absolute Gasteiger partial charge is 0.497 e. The van der Waals surface area contributed by atoms with E-state index in [0.29, 0.717) is 18.9 Å². The number of amides is 1. The third-order valence-electron chi connectivity index (χ3n) is 6.03. The molecule has 0 spiro atoms. The first-order chi connectivity index (χ1) is 16.9. The van der Waals surface area contributed by atoms with Crippen molar-refractivity contribution in [3.05, 3.63) is 82.8 Å². The molecule has 2 aromatic carbocycles. The van der Waals surface area contributed by atoms with Crippen LogP contribution in [0.2, 0.25) is 0 Å². The first-order valence-corrected chi connectivity index (χ1v) is 11.2. The van der Waals surface area contributed by atoms with Gasteiger partial charge in [0.15, 0.2) is 0 Å². The smallest absolute Gasteiger partial charge is 0.254 e. The van der Waals surface area contributed by atoms with E-state index in [1.807, 2.05) is 50.2 Å². The summed E-state index contributed by atoms with van der Waals surface area (Å²) in [6.45, 7) is 4.75. The molecule has 8 heteroatoms. The first kappa shape index (κ1) is 23.7. The molecule has 1 amide bonds. The fourth-order valence-corrected chi connectivity index (χ4v) is 4.06. The van der Waals surface area contributed by atoms with Gasteiger partial charge in [-0.15, -0.1) is 0 Å². The van der Waals surface area contributed by atoms with Crippen LogP contribution in [0.4, 0.5) is 5.82 Å². The van der Waals surface area contributed by atoms with Crippen molar-refractivity contribution in [3.63, 3.8) is 0 Å². The fraction of sp³-hybridized carbons (Fsp3) is 0.185. The van der Waals surface area contributed by atoms with Crippen molar-refractivity contribution >= 4 is 39.6 Å². The van der Waals surface area contributed by atoms with Gasteiger partial charge < -0.3 is 21.5 Å². The van der Waals surface area contributed by atoms with Gasteiger partial charge in [-0.25, -0.2) is 4.98 Å². The molecule has 0 aliphatic carbocycles. The molecule has 35 heavy (non-hydrogen) atoms. The molecule has 2 heterocycles. The predicted octanol–water partition coefficient (Wildman–Crippen LogP) is 3.72. The summed E-state index contributed by atoms with van der Waals surface area (Å²) in [5.74, 6) is 0.957. The molecule has 0 unspecified atom stereocenters. The molecular weight excluding hydrogens is 440 g/mol. The maximum absolute atomic E-state index is 12.8. The number of nitrogens with two attached hydrogens (primary N) is 2. The van der Waals surface area contributed by atoms with Crippen LogP contribution in [-0.2, 0) is 17.9 Å². The Labute approximate surface area is 203 Å². The highest BCUT2D eigenvalue weighted by Gasteiger charge is 2.12. The number of aliphatic imine (C=N–C) groups is 1. The molecule has 0 aliphatic heterocycles. The van der Waals surface area contributed by atoms with Gasteiger partial charge in [-0.2, -0.15) is 0 Å². The maximum Gasteiger partial charge on any atom is 0.254 e. The summed E-state index contributed by atoms with van der Waals surface area (Å²) in [6, 6.07) is 11.7. The van der Waals surface area contributed by atoms with Gasteiger partial charge in [-0.1, -0.05) is 0 Å². The highest BCUT2D eigenvalue weighted by atomic mass is 16.5. The van der Waals surface area contributed by atoms with Crippen molar-refractivity contribution in [1.82, 2.24) is 15.3 Å². The van der Waals surface area contributed by atoms with E-state index >= 15 is 0 Å². The lowest BCUT2D eigenvalue weighted by Crippen LogP contribution is -2.26. The molecule has 0 saturated heterocycles. The molecule has 8 nitrogen and oxygen atoms in total. The lowest BCUT2D eigenvalue weighted by atomic mass is 9.96. The molecule has 4 rings (SSSR count). The van der Waals surface area contributed by atoms with E-state index in [0.717, 1.165) is 49.7 Å². The Morgan fingerprint density at radius 2 is 1.97 bits per heavy atom. The Hall–Kier alpha value is -4.46. The number of nitrogens with zero attached hydrogens (tertiary/aromatic N) is 3. The number of fused-ring (bicyclic) bond motifs is 2. The van der Waals surface area contributed by atoms with Gasteiger partial charge in [-0.3, -0.25) is 14.8 Å². The van der Waals surface area contributed by atoms with E-state index in [9.17, 15) is 4.79 Å². The zero-order chi connectivity index (χ0) is 24.9. The molecule has 0 saturated carbocycles. The van der Waals surface area contributed by atoms with Crippen LogP contribution in [-0.4, -0.2) is 29.2 Å². The number of nitrogen functional groups attached to an aromatic ring is 1. The van der Waals surface area contributed by atoms with E-state index in [2.05, 4.69) is 20.3 Å². The van der Waals surface area contributed by atoms with Crippen LogP contribution in [0.15, 0.2) is 65.6 Å². The number of aromatic nitrogens is 2. The van der Waals surface area contributed by atoms with E-state index in [-0.39, 0.29) is 11.5 Å². The third kappa shape index (κ3) is 5.06. The average molecular weight is 469 g/mol. The normalized spacial score (nSPS) is 11.9. The van der Waals surface area contributed by atoms with Crippen LogP contribution in [0.5, 0.6) is 5.75 Å². The van der Waals surface area contributed by atoms with Crippen LogP contribution < -0.4 is 21.5 Å². The van der Waals surface area contributed by atoms with Crippen molar-refractivity contribution < 1.29 is 9.53 Å². The lowest BCUT2D eigenvalue weighted by molar-refractivity contribution is -0.117. The number of hydrogen-bond donors (Lipinski definition) is 3. The summed E-state index contributed by atoms with van der Waals surface area (Å²) >= 11 is 0. The number of carbonyl (C=O) groups excluding carboxylic acids is 1. The highest BCUT2D eigenvalue weighted by molar-refractivity contribution is 6.12.